The van der Waals surface area contributed by atoms with E-state index in [1.54, 1.807) is 23.2 Å². The van der Waals surface area contributed by atoms with Gasteiger partial charge >= 0.3 is 0 Å². The van der Waals surface area contributed by atoms with Crippen LogP contribution in [0.2, 0.25) is 0 Å². The summed E-state index contributed by atoms with van der Waals surface area (Å²) >= 11 is 0. The lowest BCUT2D eigenvalue weighted by Crippen LogP contribution is -2.35. The number of ether oxygens (including phenoxy) is 2. The third-order valence-electron chi connectivity index (χ3n) is 8.34. The Morgan fingerprint density at radius 2 is 1.76 bits per heavy atom. The van der Waals surface area contributed by atoms with Gasteiger partial charge in [0.1, 0.15) is 0 Å². The minimum atomic E-state index is -0.542. The van der Waals surface area contributed by atoms with Crippen LogP contribution in [0.1, 0.15) is 36.0 Å². The van der Waals surface area contributed by atoms with E-state index in [-0.39, 0.29) is 17.9 Å². The smallest absolute Gasteiger partial charge is 0.256 e. The monoisotopic (exact) mass is 561 g/mol. The first kappa shape index (κ1) is 26.2. The Hall–Kier alpha value is -4.69. The lowest BCUT2D eigenvalue weighted by atomic mass is 9.93. The zero-order valence-electron chi connectivity index (χ0n) is 23.3. The summed E-state index contributed by atoms with van der Waals surface area (Å²) in [6.07, 6.45) is 3.35. The maximum Gasteiger partial charge on any atom is 0.256 e. The molecule has 8 heteroatoms. The molecule has 2 aliphatic heterocycles. The largest absolute Gasteiger partial charge is 0.493 e. The topological polar surface area (TPSA) is 100 Å². The second kappa shape index (κ2) is 10.6. The number of hydrogen-bond donors (Lipinski definition) is 2. The van der Waals surface area contributed by atoms with Crippen molar-refractivity contribution >= 4 is 61.7 Å². The van der Waals surface area contributed by atoms with Gasteiger partial charge in [0.15, 0.2) is 11.5 Å². The predicted molar refractivity (Wildman–Crippen MR) is 165 cm³/mol. The molecule has 1 fully saturated rings. The van der Waals surface area contributed by atoms with Crippen molar-refractivity contribution in [2.75, 3.05) is 25.6 Å². The molecule has 2 aliphatic rings. The standard InChI is InChI=1S/C34H31N3O5/c1-41-29-16-26-28(35-18-23-15-24(38)19-37(23)34(26)40)17-30(29)42-14-3-2-7-31(39)36-27-13-11-22-9-8-20-5-4-6-21-10-12-25(27)33(22)32(20)21/h4-6,8-13,16-18,23-24,38H,2-3,7,14-15,19H2,1H3,(H,36,39)/t23-,24?/m0/s1. The summed E-state index contributed by atoms with van der Waals surface area (Å²) in [5, 5.41) is 20.1. The van der Waals surface area contributed by atoms with Crippen LogP contribution in [-0.2, 0) is 4.79 Å². The molecule has 8 nitrogen and oxygen atoms in total. The molecule has 1 saturated heterocycles. The number of aliphatic imine (C=N–C) groups is 1. The van der Waals surface area contributed by atoms with Gasteiger partial charge in [0.25, 0.3) is 5.91 Å². The summed E-state index contributed by atoms with van der Waals surface area (Å²) < 4.78 is 11.5. The molecular weight excluding hydrogens is 530 g/mol. The van der Waals surface area contributed by atoms with Crippen molar-refractivity contribution in [1.82, 2.24) is 4.90 Å². The normalized spacial score (nSPS) is 18.0. The molecule has 2 amide bonds. The number of aliphatic hydroxyl groups excluding tert-OH is 1. The van der Waals surface area contributed by atoms with Crippen molar-refractivity contribution in [3.8, 4) is 11.5 Å². The van der Waals surface area contributed by atoms with E-state index in [1.165, 1.54) is 28.7 Å². The first-order valence-electron chi connectivity index (χ1n) is 14.3. The molecule has 212 valence electrons. The third kappa shape index (κ3) is 4.58. The highest BCUT2D eigenvalue weighted by atomic mass is 16.5. The molecule has 0 aromatic heterocycles. The van der Waals surface area contributed by atoms with E-state index in [4.69, 9.17) is 9.47 Å². The fraction of sp³-hybridized carbons (Fsp3) is 0.265. The number of fused-ring (bicyclic) bond motifs is 2. The molecule has 5 aromatic rings. The number of methoxy groups -OCH3 is 1. The van der Waals surface area contributed by atoms with Crippen LogP contribution >= 0.6 is 0 Å². The number of amides is 2. The van der Waals surface area contributed by atoms with E-state index in [2.05, 4.69) is 58.8 Å². The van der Waals surface area contributed by atoms with Crippen LogP contribution in [0.5, 0.6) is 11.5 Å². The Balaban J connectivity index is 0.984. The minimum Gasteiger partial charge on any atom is -0.493 e. The van der Waals surface area contributed by atoms with E-state index in [0.29, 0.717) is 61.6 Å². The molecule has 0 aliphatic carbocycles. The van der Waals surface area contributed by atoms with E-state index in [9.17, 15) is 14.7 Å². The Morgan fingerprint density at radius 3 is 2.57 bits per heavy atom. The maximum absolute atomic E-state index is 13.1. The molecule has 0 saturated carbocycles. The van der Waals surface area contributed by atoms with Gasteiger partial charge in [-0.05, 0) is 51.9 Å². The van der Waals surface area contributed by atoms with Crippen molar-refractivity contribution < 1.29 is 24.2 Å². The van der Waals surface area contributed by atoms with Crippen molar-refractivity contribution in [3.63, 3.8) is 0 Å². The Bertz CT molecular complexity index is 1850. The maximum atomic E-state index is 13.1. The fourth-order valence-corrected chi connectivity index (χ4v) is 6.27. The van der Waals surface area contributed by atoms with Crippen LogP contribution in [0, 0.1) is 0 Å². The second-order valence-corrected chi connectivity index (χ2v) is 11.0. The summed E-state index contributed by atoms with van der Waals surface area (Å²) in [7, 11) is 1.53. The molecule has 0 bridgehead atoms. The fourth-order valence-electron chi connectivity index (χ4n) is 6.27. The zero-order valence-corrected chi connectivity index (χ0v) is 23.3. The van der Waals surface area contributed by atoms with Crippen molar-refractivity contribution in [1.29, 1.82) is 0 Å². The molecule has 2 atom stereocenters. The van der Waals surface area contributed by atoms with Crippen molar-refractivity contribution in [2.24, 2.45) is 4.99 Å². The summed E-state index contributed by atoms with van der Waals surface area (Å²) in [5.74, 6) is 0.736. The number of nitrogens with zero attached hydrogens (tertiary/aromatic N) is 2. The number of rotatable bonds is 8. The number of nitrogens with one attached hydrogen (secondary N) is 1. The zero-order chi connectivity index (χ0) is 28.8. The average molecular weight is 562 g/mol. The van der Waals surface area contributed by atoms with Gasteiger partial charge in [-0.2, -0.15) is 0 Å². The van der Waals surface area contributed by atoms with Gasteiger partial charge in [-0.15, -0.1) is 0 Å². The predicted octanol–water partition coefficient (Wildman–Crippen LogP) is 6.07. The first-order chi connectivity index (χ1) is 20.5. The summed E-state index contributed by atoms with van der Waals surface area (Å²) in [6.45, 7) is 0.680. The first-order valence-corrected chi connectivity index (χ1v) is 14.3. The number of carbonyl (C=O) groups is 2. The molecule has 7 rings (SSSR count). The number of benzene rings is 5. The molecule has 1 unspecified atom stereocenters. The van der Waals surface area contributed by atoms with E-state index in [1.807, 2.05) is 6.07 Å². The van der Waals surface area contributed by atoms with Gasteiger partial charge in [-0.1, -0.05) is 48.5 Å². The highest BCUT2D eigenvalue weighted by Crippen LogP contribution is 2.39. The Kier molecular flexibility index (Phi) is 6.63. The van der Waals surface area contributed by atoms with Gasteiger partial charge in [-0.25, -0.2) is 0 Å². The number of carbonyl (C=O) groups excluding carboxylic acids is 2. The Labute approximate surface area is 242 Å². The molecule has 0 radical (unpaired) electrons. The lowest BCUT2D eigenvalue weighted by Gasteiger charge is -2.20. The highest BCUT2D eigenvalue weighted by Gasteiger charge is 2.36. The summed E-state index contributed by atoms with van der Waals surface area (Å²) in [6, 6.07) is 22.0. The van der Waals surface area contributed by atoms with Gasteiger partial charge in [-0.3, -0.25) is 14.6 Å². The molecule has 2 N–H and O–H groups in total. The summed E-state index contributed by atoms with van der Waals surface area (Å²) in [5.41, 5.74) is 1.77. The molecule has 42 heavy (non-hydrogen) atoms. The van der Waals surface area contributed by atoms with E-state index in [0.717, 1.165) is 16.5 Å². The van der Waals surface area contributed by atoms with Crippen molar-refractivity contribution in [2.45, 2.75) is 37.8 Å². The second-order valence-electron chi connectivity index (χ2n) is 11.0. The quantitative estimate of drug-likeness (QED) is 0.177. The van der Waals surface area contributed by atoms with Gasteiger partial charge in [0.2, 0.25) is 5.91 Å². The number of hydrogen-bond acceptors (Lipinski definition) is 6. The van der Waals surface area contributed by atoms with Gasteiger partial charge in [0, 0.05) is 42.7 Å². The minimum absolute atomic E-state index is 0.0360. The molecule has 2 heterocycles. The highest BCUT2D eigenvalue weighted by molar-refractivity contribution is 6.25. The van der Waals surface area contributed by atoms with Crippen LogP contribution < -0.4 is 14.8 Å². The van der Waals surface area contributed by atoms with E-state index < -0.39 is 6.10 Å². The van der Waals surface area contributed by atoms with Crippen LogP contribution in [0.25, 0.3) is 32.3 Å². The third-order valence-corrected chi connectivity index (χ3v) is 8.34. The number of unbranched alkanes of at least 4 members (excludes halogenated alkanes) is 1. The van der Waals surface area contributed by atoms with Crippen molar-refractivity contribution in [3.05, 3.63) is 72.3 Å². The number of anilines is 1. The molecule has 5 aromatic carbocycles. The van der Waals surface area contributed by atoms with E-state index >= 15 is 0 Å². The Morgan fingerprint density at radius 1 is 1.00 bits per heavy atom. The van der Waals surface area contributed by atoms with Crippen LogP contribution in [-0.4, -0.2) is 60.4 Å². The molecular formula is C34H31N3O5. The SMILES string of the molecule is COc1cc2c(cc1OCCCCC(=O)Nc1ccc3ccc4cccc5ccc1c3c45)N=C[C@@H]1CC(O)CN1C2=O. The van der Waals surface area contributed by atoms with Crippen LogP contribution in [0.15, 0.2) is 71.7 Å². The number of aliphatic hydroxyl groups is 1. The lowest BCUT2D eigenvalue weighted by molar-refractivity contribution is -0.116. The van der Waals surface area contributed by atoms with Crippen LogP contribution in [0.3, 0.4) is 0 Å². The average Bonchev–Trinajstić information content (AvgIpc) is 3.33. The summed E-state index contributed by atoms with van der Waals surface area (Å²) in [4.78, 5) is 32.2. The van der Waals surface area contributed by atoms with Crippen LogP contribution in [0.4, 0.5) is 11.4 Å². The van der Waals surface area contributed by atoms with Gasteiger partial charge in [0.05, 0.1) is 37.1 Å². The van der Waals surface area contributed by atoms with Gasteiger partial charge < -0.3 is 24.8 Å². The molecule has 0 spiro atoms.